The fourth-order valence-corrected chi connectivity index (χ4v) is 1.80. The van der Waals surface area contributed by atoms with Crippen LogP contribution >= 0.6 is 22.6 Å². The molecule has 0 aliphatic rings. The van der Waals surface area contributed by atoms with E-state index in [1.165, 1.54) is 29.3 Å². The number of aryl methyl sites for hydroxylation is 1. The Morgan fingerprint density at radius 1 is 1.00 bits per heavy atom. The second kappa shape index (κ2) is 8.24. The zero-order valence-corrected chi connectivity index (χ0v) is 10.7. The van der Waals surface area contributed by atoms with Crippen LogP contribution in [0.15, 0.2) is 30.3 Å². The Bertz CT molecular complexity index is 223. The lowest BCUT2D eigenvalue weighted by molar-refractivity contribution is 0.645. The summed E-state index contributed by atoms with van der Waals surface area (Å²) in [6.45, 7) is 2.31. The molecule has 1 aromatic carbocycles. The standard InChI is InChI=1S/C12H18IN/c13-9-11-14-10-5-4-8-12-6-2-1-3-7-12/h1-3,6-7,14H,4-5,8-11H2. The van der Waals surface area contributed by atoms with Crippen molar-refractivity contribution in [3.05, 3.63) is 35.9 Å². The third kappa shape index (κ3) is 5.60. The molecule has 0 aliphatic heterocycles. The van der Waals surface area contributed by atoms with Crippen molar-refractivity contribution in [2.45, 2.75) is 19.3 Å². The van der Waals surface area contributed by atoms with Crippen LogP contribution in [0.3, 0.4) is 0 Å². The highest BCUT2D eigenvalue weighted by molar-refractivity contribution is 14.1. The van der Waals surface area contributed by atoms with Gasteiger partial charge < -0.3 is 5.32 Å². The maximum Gasteiger partial charge on any atom is 0.0121 e. The van der Waals surface area contributed by atoms with Crippen LogP contribution in [0.2, 0.25) is 0 Å². The lowest BCUT2D eigenvalue weighted by Gasteiger charge is -2.02. The van der Waals surface area contributed by atoms with E-state index in [0.717, 1.165) is 13.1 Å². The van der Waals surface area contributed by atoms with E-state index in [2.05, 4.69) is 58.2 Å². The Hall–Kier alpha value is -0.0900. The van der Waals surface area contributed by atoms with E-state index in [0.29, 0.717) is 0 Å². The molecule has 0 amide bonds. The summed E-state index contributed by atoms with van der Waals surface area (Å²) in [5.74, 6) is 0. The predicted molar refractivity (Wildman–Crippen MR) is 71.1 cm³/mol. The third-order valence-corrected chi connectivity index (χ3v) is 2.72. The summed E-state index contributed by atoms with van der Waals surface area (Å²) < 4.78 is 1.20. The maximum absolute atomic E-state index is 3.41. The number of alkyl halides is 1. The molecule has 1 aromatic rings. The lowest BCUT2D eigenvalue weighted by atomic mass is 10.1. The molecule has 0 fully saturated rings. The van der Waals surface area contributed by atoms with Gasteiger partial charge >= 0.3 is 0 Å². The maximum atomic E-state index is 3.41. The molecule has 0 heterocycles. The Labute approximate surface area is 100 Å². The quantitative estimate of drug-likeness (QED) is 0.464. The summed E-state index contributed by atoms with van der Waals surface area (Å²) in [4.78, 5) is 0. The van der Waals surface area contributed by atoms with E-state index >= 15 is 0 Å². The normalized spacial score (nSPS) is 10.4. The smallest absolute Gasteiger partial charge is 0.0121 e. The van der Waals surface area contributed by atoms with Gasteiger partial charge in [0.1, 0.15) is 0 Å². The van der Waals surface area contributed by atoms with Crippen LogP contribution in [-0.2, 0) is 6.42 Å². The van der Waals surface area contributed by atoms with Crippen molar-refractivity contribution < 1.29 is 0 Å². The summed E-state index contributed by atoms with van der Waals surface area (Å²) >= 11 is 2.40. The van der Waals surface area contributed by atoms with E-state index in [9.17, 15) is 0 Å². The number of hydrogen-bond donors (Lipinski definition) is 1. The molecule has 1 N–H and O–H groups in total. The topological polar surface area (TPSA) is 12.0 Å². The van der Waals surface area contributed by atoms with Crippen LogP contribution in [0.1, 0.15) is 18.4 Å². The molecule has 0 aromatic heterocycles. The third-order valence-electron chi connectivity index (χ3n) is 2.18. The fourth-order valence-electron chi connectivity index (χ4n) is 1.42. The van der Waals surface area contributed by atoms with Gasteiger partial charge in [0.2, 0.25) is 0 Å². The van der Waals surface area contributed by atoms with E-state index in [-0.39, 0.29) is 0 Å². The molecule has 0 aliphatic carbocycles. The van der Waals surface area contributed by atoms with Gasteiger partial charge in [-0.15, -0.1) is 0 Å². The van der Waals surface area contributed by atoms with Gasteiger partial charge in [0.05, 0.1) is 0 Å². The van der Waals surface area contributed by atoms with Crippen molar-refractivity contribution in [1.29, 1.82) is 0 Å². The highest BCUT2D eigenvalue weighted by Crippen LogP contribution is 2.03. The van der Waals surface area contributed by atoms with Crippen LogP contribution in [0.4, 0.5) is 0 Å². The number of nitrogens with one attached hydrogen (secondary N) is 1. The first-order valence-electron chi connectivity index (χ1n) is 5.24. The van der Waals surface area contributed by atoms with Gasteiger partial charge in [-0.3, -0.25) is 0 Å². The van der Waals surface area contributed by atoms with Gasteiger partial charge in [0, 0.05) is 11.0 Å². The largest absolute Gasteiger partial charge is 0.316 e. The summed E-state index contributed by atoms with van der Waals surface area (Å²) in [7, 11) is 0. The van der Waals surface area contributed by atoms with Crippen LogP contribution in [0, 0.1) is 0 Å². The van der Waals surface area contributed by atoms with Gasteiger partial charge in [0.25, 0.3) is 0 Å². The van der Waals surface area contributed by atoms with Crippen LogP contribution < -0.4 is 5.32 Å². The zero-order chi connectivity index (χ0) is 10.1. The molecule has 2 heteroatoms. The number of rotatable bonds is 7. The van der Waals surface area contributed by atoms with Crippen molar-refractivity contribution in [3.8, 4) is 0 Å². The number of benzene rings is 1. The molecule has 0 atom stereocenters. The molecular formula is C12H18IN. The molecular weight excluding hydrogens is 285 g/mol. The molecule has 0 bridgehead atoms. The summed E-state index contributed by atoms with van der Waals surface area (Å²) in [5.41, 5.74) is 1.46. The first-order chi connectivity index (χ1) is 6.93. The Balaban J connectivity index is 1.99. The highest BCUT2D eigenvalue weighted by Gasteiger charge is 1.91. The molecule has 14 heavy (non-hydrogen) atoms. The molecule has 0 unspecified atom stereocenters. The van der Waals surface area contributed by atoms with E-state index in [1.54, 1.807) is 0 Å². The van der Waals surface area contributed by atoms with Crippen molar-refractivity contribution in [1.82, 2.24) is 5.32 Å². The lowest BCUT2D eigenvalue weighted by Crippen LogP contribution is -2.17. The molecule has 1 rings (SSSR count). The van der Waals surface area contributed by atoms with E-state index in [1.807, 2.05) is 0 Å². The Morgan fingerprint density at radius 3 is 2.50 bits per heavy atom. The number of halogens is 1. The SMILES string of the molecule is ICCNCCCCc1ccccc1. The van der Waals surface area contributed by atoms with Crippen molar-refractivity contribution in [2.75, 3.05) is 17.5 Å². The summed E-state index contributed by atoms with van der Waals surface area (Å²) in [5, 5.41) is 3.41. The molecule has 0 saturated heterocycles. The first kappa shape index (κ1) is 12.0. The highest BCUT2D eigenvalue weighted by atomic mass is 127. The molecule has 0 radical (unpaired) electrons. The number of hydrogen-bond acceptors (Lipinski definition) is 1. The van der Waals surface area contributed by atoms with Crippen molar-refractivity contribution in [3.63, 3.8) is 0 Å². The summed E-state index contributed by atoms with van der Waals surface area (Å²) in [6.07, 6.45) is 3.79. The Morgan fingerprint density at radius 2 is 1.79 bits per heavy atom. The van der Waals surface area contributed by atoms with Crippen LogP contribution in [0.25, 0.3) is 0 Å². The van der Waals surface area contributed by atoms with Crippen LogP contribution in [-0.4, -0.2) is 17.5 Å². The molecule has 0 saturated carbocycles. The average molecular weight is 303 g/mol. The zero-order valence-electron chi connectivity index (χ0n) is 8.51. The van der Waals surface area contributed by atoms with E-state index in [4.69, 9.17) is 0 Å². The van der Waals surface area contributed by atoms with Gasteiger partial charge in [-0.2, -0.15) is 0 Å². The minimum Gasteiger partial charge on any atom is -0.316 e. The minimum absolute atomic E-state index is 1.14. The Kier molecular flexibility index (Phi) is 7.05. The van der Waals surface area contributed by atoms with Gasteiger partial charge in [-0.25, -0.2) is 0 Å². The summed E-state index contributed by atoms with van der Waals surface area (Å²) in [6, 6.07) is 10.7. The second-order valence-electron chi connectivity index (χ2n) is 3.38. The average Bonchev–Trinajstić information content (AvgIpc) is 2.25. The predicted octanol–water partition coefficient (Wildman–Crippen LogP) is 3.03. The van der Waals surface area contributed by atoms with Gasteiger partial charge in [-0.05, 0) is 31.4 Å². The molecule has 0 spiro atoms. The van der Waals surface area contributed by atoms with Gasteiger partial charge in [-0.1, -0.05) is 52.9 Å². The van der Waals surface area contributed by atoms with Crippen LogP contribution in [0.5, 0.6) is 0 Å². The van der Waals surface area contributed by atoms with Gasteiger partial charge in [0.15, 0.2) is 0 Å². The van der Waals surface area contributed by atoms with Crippen molar-refractivity contribution >= 4 is 22.6 Å². The van der Waals surface area contributed by atoms with Crippen molar-refractivity contribution in [2.24, 2.45) is 0 Å². The minimum atomic E-state index is 1.14. The molecule has 78 valence electrons. The second-order valence-corrected chi connectivity index (χ2v) is 4.46. The first-order valence-corrected chi connectivity index (χ1v) is 6.76. The monoisotopic (exact) mass is 303 g/mol. The fraction of sp³-hybridized carbons (Fsp3) is 0.500. The van der Waals surface area contributed by atoms with E-state index < -0.39 is 0 Å². The number of unbranched alkanes of at least 4 members (excludes halogenated alkanes) is 1. The molecule has 1 nitrogen and oxygen atoms in total.